The van der Waals surface area contributed by atoms with Crippen LogP contribution in [0.2, 0.25) is 0 Å². The molecule has 1 aliphatic rings. The predicted molar refractivity (Wildman–Crippen MR) is 68.5 cm³/mol. The van der Waals surface area contributed by atoms with Gasteiger partial charge in [-0.05, 0) is 25.2 Å². The summed E-state index contributed by atoms with van der Waals surface area (Å²) >= 11 is 0. The van der Waals surface area contributed by atoms with Gasteiger partial charge >= 0.3 is 0 Å². The lowest BCUT2D eigenvalue weighted by Gasteiger charge is -2.31. The second-order valence-electron chi connectivity index (χ2n) is 5.06. The van der Waals surface area contributed by atoms with Crippen molar-refractivity contribution in [2.45, 2.75) is 37.0 Å². The van der Waals surface area contributed by atoms with Crippen molar-refractivity contribution in [3.8, 4) is 0 Å². The third-order valence-corrected chi connectivity index (χ3v) is 5.38. The first kappa shape index (κ1) is 13.4. The maximum absolute atomic E-state index is 11.6. The first-order valence-corrected chi connectivity index (χ1v) is 8.00. The molecule has 3 unspecified atom stereocenters. The molecule has 18 heavy (non-hydrogen) atoms. The van der Waals surface area contributed by atoms with Gasteiger partial charge in [0.1, 0.15) is 15.7 Å². The van der Waals surface area contributed by atoms with Gasteiger partial charge in [0.15, 0.2) is 0 Å². The number of H-pyrrole nitrogens is 1. The summed E-state index contributed by atoms with van der Waals surface area (Å²) in [4.78, 5) is 0. The number of rotatable bonds is 3. The van der Waals surface area contributed by atoms with Crippen molar-refractivity contribution in [3.63, 3.8) is 0 Å². The summed E-state index contributed by atoms with van der Waals surface area (Å²) < 4.78 is 23.2. The lowest BCUT2D eigenvalue weighted by atomic mass is 9.83. The highest BCUT2D eigenvalue weighted by molar-refractivity contribution is 7.91. The summed E-state index contributed by atoms with van der Waals surface area (Å²) in [5, 5.41) is 16.3. The van der Waals surface area contributed by atoms with Gasteiger partial charge in [-0.1, -0.05) is 6.42 Å². The first-order chi connectivity index (χ1) is 8.39. The molecule has 1 heterocycles. The van der Waals surface area contributed by atoms with Crippen LogP contribution in [0.25, 0.3) is 0 Å². The van der Waals surface area contributed by atoms with Crippen LogP contribution < -0.4 is 5.73 Å². The van der Waals surface area contributed by atoms with Crippen molar-refractivity contribution < 1.29 is 13.5 Å². The van der Waals surface area contributed by atoms with Crippen molar-refractivity contribution in [3.05, 3.63) is 11.8 Å². The average molecular weight is 273 g/mol. The molecule has 102 valence electrons. The Bertz CT molecular complexity index is 511. The van der Waals surface area contributed by atoms with E-state index in [9.17, 15) is 13.5 Å². The molecule has 0 bridgehead atoms. The largest absolute Gasteiger partial charge is 0.388 e. The monoisotopic (exact) mass is 273 g/mol. The number of hydrogen-bond donors (Lipinski definition) is 3. The highest BCUT2D eigenvalue weighted by atomic mass is 32.2. The second-order valence-corrected chi connectivity index (χ2v) is 7.39. The highest BCUT2D eigenvalue weighted by Gasteiger charge is 2.33. The quantitative estimate of drug-likeness (QED) is 0.748. The molecule has 0 saturated heterocycles. The number of nitrogen functional groups attached to an aromatic ring is 1. The zero-order valence-corrected chi connectivity index (χ0v) is 11.2. The van der Waals surface area contributed by atoms with Crippen LogP contribution in [-0.4, -0.2) is 35.2 Å². The first-order valence-electron chi connectivity index (χ1n) is 6.05. The number of aromatic amines is 1. The number of anilines is 1. The number of nitrogens with one attached hydrogen (secondary N) is 1. The van der Waals surface area contributed by atoms with Gasteiger partial charge in [-0.3, -0.25) is 5.10 Å². The Kier molecular flexibility index (Phi) is 3.63. The number of nitrogens with zero attached hydrogens (tertiary/aromatic N) is 1. The molecule has 3 atom stereocenters. The van der Waals surface area contributed by atoms with Crippen LogP contribution in [0.15, 0.2) is 6.20 Å². The van der Waals surface area contributed by atoms with Crippen molar-refractivity contribution in [1.82, 2.24) is 10.2 Å². The Morgan fingerprint density at radius 3 is 2.83 bits per heavy atom. The summed E-state index contributed by atoms with van der Waals surface area (Å²) in [7, 11) is -3.04. The van der Waals surface area contributed by atoms with E-state index in [1.54, 1.807) is 0 Å². The molecule has 0 amide bonds. The van der Waals surface area contributed by atoms with Crippen molar-refractivity contribution in [1.29, 1.82) is 0 Å². The minimum absolute atomic E-state index is 0.0709. The molecule has 1 aromatic rings. The SMILES string of the molecule is CS(=O)(=O)C1CCCC(C(O)c2cn[nH]c2N)C1. The van der Waals surface area contributed by atoms with Gasteiger partial charge in [-0.2, -0.15) is 5.10 Å². The molecule has 4 N–H and O–H groups in total. The Hall–Kier alpha value is -1.08. The van der Waals surface area contributed by atoms with Crippen molar-refractivity contribution in [2.24, 2.45) is 5.92 Å². The fraction of sp³-hybridized carbons (Fsp3) is 0.727. The standard InChI is InChI=1S/C11H19N3O3S/c1-18(16,17)8-4-2-3-7(5-8)10(15)9-6-13-14-11(9)12/h6-8,10,15H,2-5H2,1H3,(H3,12,13,14). The summed E-state index contributed by atoms with van der Waals surface area (Å²) in [5.74, 6) is 0.280. The van der Waals surface area contributed by atoms with E-state index in [-0.39, 0.29) is 11.2 Å². The smallest absolute Gasteiger partial charge is 0.150 e. The molecule has 6 nitrogen and oxygen atoms in total. The molecule has 0 radical (unpaired) electrons. The van der Waals surface area contributed by atoms with Crippen LogP contribution in [0.4, 0.5) is 5.82 Å². The fourth-order valence-electron chi connectivity index (χ4n) is 2.65. The molecule has 0 aliphatic heterocycles. The Morgan fingerprint density at radius 2 is 2.28 bits per heavy atom. The lowest BCUT2D eigenvalue weighted by molar-refractivity contribution is 0.0863. The lowest BCUT2D eigenvalue weighted by Crippen LogP contribution is -2.30. The van der Waals surface area contributed by atoms with Crippen LogP contribution >= 0.6 is 0 Å². The van der Waals surface area contributed by atoms with Crippen molar-refractivity contribution in [2.75, 3.05) is 12.0 Å². The molecule has 1 fully saturated rings. The molecular weight excluding hydrogens is 254 g/mol. The highest BCUT2D eigenvalue weighted by Crippen LogP contribution is 2.37. The van der Waals surface area contributed by atoms with E-state index in [1.165, 1.54) is 12.5 Å². The minimum Gasteiger partial charge on any atom is -0.388 e. The average Bonchev–Trinajstić information content (AvgIpc) is 2.73. The molecular formula is C11H19N3O3S. The van der Waals surface area contributed by atoms with Crippen LogP contribution in [-0.2, 0) is 9.84 Å². The number of aliphatic hydroxyl groups excluding tert-OH is 1. The summed E-state index contributed by atoms with van der Waals surface area (Å²) in [6.45, 7) is 0. The van der Waals surface area contributed by atoms with Gasteiger partial charge in [0.2, 0.25) is 0 Å². The second kappa shape index (κ2) is 4.89. The number of aromatic nitrogens is 2. The van der Waals surface area contributed by atoms with Gasteiger partial charge in [-0.25, -0.2) is 8.42 Å². The molecule has 1 aliphatic carbocycles. The zero-order valence-electron chi connectivity index (χ0n) is 10.3. The van der Waals surface area contributed by atoms with Gasteiger partial charge in [0.05, 0.1) is 17.6 Å². The van der Waals surface area contributed by atoms with Crippen molar-refractivity contribution >= 4 is 15.7 Å². The van der Waals surface area contributed by atoms with E-state index in [1.807, 2.05) is 0 Å². The van der Waals surface area contributed by atoms with E-state index in [0.717, 1.165) is 12.8 Å². The van der Waals surface area contributed by atoms with Gasteiger partial charge < -0.3 is 10.8 Å². The zero-order chi connectivity index (χ0) is 13.3. The maximum atomic E-state index is 11.6. The molecule has 7 heteroatoms. The van der Waals surface area contributed by atoms with Crippen LogP contribution in [0.5, 0.6) is 0 Å². The van der Waals surface area contributed by atoms with E-state index >= 15 is 0 Å². The molecule has 0 spiro atoms. The van der Waals surface area contributed by atoms with Crippen LogP contribution in [0.3, 0.4) is 0 Å². The maximum Gasteiger partial charge on any atom is 0.150 e. The molecule has 0 aromatic carbocycles. The number of hydrogen-bond acceptors (Lipinski definition) is 5. The third-order valence-electron chi connectivity index (χ3n) is 3.74. The Morgan fingerprint density at radius 1 is 1.56 bits per heavy atom. The van der Waals surface area contributed by atoms with E-state index < -0.39 is 15.9 Å². The Balaban J connectivity index is 2.12. The predicted octanol–water partition coefficient (Wildman–Crippen LogP) is 0.629. The Labute approximate surface area is 107 Å². The van der Waals surface area contributed by atoms with Crippen LogP contribution in [0, 0.1) is 5.92 Å². The molecule has 2 rings (SSSR count). The fourth-order valence-corrected chi connectivity index (χ4v) is 3.84. The van der Waals surface area contributed by atoms with Crippen LogP contribution in [0.1, 0.15) is 37.4 Å². The third kappa shape index (κ3) is 2.67. The van der Waals surface area contributed by atoms with E-state index in [4.69, 9.17) is 5.73 Å². The molecule has 1 saturated carbocycles. The number of aliphatic hydroxyl groups is 1. The van der Waals surface area contributed by atoms with Gasteiger partial charge in [0, 0.05) is 11.8 Å². The number of nitrogens with two attached hydrogens (primary N) is 1. The summed E-state index contributed by atoms with van der Waals surface area (Å²) in [6, 6.07) is 0. The topological polar surface area (TPSA) is 109 Å². The molecule has 1 aromatic heterocycles. The van der Waals surface area contributed by atoms with E-state index in [2.05, 4.69) is 10.2 Å². The number of sulfone groups is 1. The summed E-state index contributed by atoms with van der Waals surface area (Å²) in [5.41, 5.74) is 6.24. The minimum atomic E-state index is -3.04. The van der Waals surface area contributed by atoms with Gasteiger partial charge in [0.25, 0.3) is 0 Å². The normalized spacial score (nSPS) is 27.0. The van der Waals surface area contributed by atoms with Gasteiger partial charge in [-0.15, -0.1) is 0 Å². The summed E-state index contributed by atoms with van der Waals surface area (Å²) in [6.07, 6.45) is 4.83. The van der Waals surface area contributed by atoms with E-state index in [0.29, 0.717) is 24.2 Å².